The van der Waals surface area contributed by atoms with Crippen molar-refractivity contribution in [1.82, 2.24) is 10.6 Å². The first kappa shape index (κ1) is 14.6. The van der Waals surface area contributed by atoms with Gasteiger partial charge in [-0.2, -0.15) is 0 Å². The quantitative estimate of drug-likeness (QED) is 0.685. The number of rotatable bonds is 8. The van der Waals surface area contributed by atoms with Crippen molar-refractivity contribution < 1.29 is 19.0 Å². The lowest BCUT2D eigenvalue weighted by Crippen LogP contribution is -2.28. The van der Waals surface area contributed by atoms with Gasteiger partial charge in [-0.15, -0.1) is 0 Å². The van der Waals surface area contributed by atoms with Crippen molar-refractivity contribution in [3.63, 3.8) is 0 Å². The summed E-state index contributed by atoms with van der Waals surface area (Å²) in [7, 11) is 1.65. The van der Waals surface area contributed by atoms with Crippen molar-refractivity contribution in [1.29, 1.82) is 0 Å². The molecular weight excluding hydrogens is 260 g/mol. The third kappa shape index (κ3) is 4.40. The van der Waals surface area contributed by atoms with Crippen LogP contribution in [-0.4, -0.2) is 39.5 Å². The van der Waals surface area contributed by atoms with Crippen molar-refractivity contribution in [2.45, 2.75) is 13.0 Å². The summed E-state index contributed by atoms with van der Waals surface area (Å²) in [5.74, 6) is 1.51. The fourth-order valence-corrected chi connectivity index (χ4v) is 1.84. The van der Waals surface area contributed by atoms with Crippen LogP contribution < -0.4 is 20.1 Å². The Kier molecular flexibility index (Phi) is 5.64. The predicted molar refractivity (Wildman–Crippen MR) is 73.8 cm³/mol. The fraction of sp³-hybridized carbons (Fsp3) is 0.500. The Bertz CT molecular complexity index is 451. The highest BCUT2D eigenvalue weighted by atomic mass is 16.7. The number of carbonyl (C=O) groups excluding carboxylic acids is 1. The molecule has 2 rings (SSSR count). The molecule has 1 aromatic rings. The van der Waals surface area contributed by atoms with E-state index < -0.39 is 0 Å². The van der Waals surface area contributed by atoms with Crippen LogP contribution in [-0.2, 0) is 16.1 Å². The Morgan fingerprint density at radius 2 is 2.15 bits per heavy atom. The average Bonchev–Trinajstić information content (AvgIpc) is 2.92. The zero-order chi connectivity index (χ0) is 14.2. The zero-order valence-electron chi connectivity index (χ0n) is 11.6. The topological polar surface area (TPSA) is 68.8 Å². The van der Waals surface area contributed by atoms with Gasteiger partial charge in [0.1, 0.15) is 0 Å². The van der Waals surface area contributed by atoms with Crippen molar-refractivity contribution in [2.24, 2.45) is 0 Å². The van der Waals surface area contributed by atoms with E-state index in [0.717, 1.165) is 23.6 Å². The van der Waals surface area contributed by atoms with Gasteiger partial charge in [-0.05, 0) is 17.7 Å². The number of benzene rings is 1. The van der Waals surface area contributed by atoms with Crippen LogP contribution in [0.15, 0.2) is 18.2 Å². The standard InChI is InChI=1S/C14H20N2O4/c1-18-7-6-15-5-4-14(17)16-9-11-2-3-12-13(8-11)20-10-19-12/h2-3,8,15H,4-7,9-10H2,1H3,(H,16,17). The predicted octanol–water partition coefficient (Wildman–Crippen LogP) is 0.658. The molecule has 0 saturated heterocycles. The molecule has 1 heterocycles. The molecule has 6 nitrogen and oxygen atoms in total. The smallest absolute Gasteiger partial charge is 0.231 e. The summed E-state index contributed by atoms with van der Waals surface area (Å²) in [4.78, 5) is 11.6. The first-order valence-electron chi connectivity index (χ1n) is 6.64. The SMILES string of the molecule is COCCNCCC(=O)NCc1ccc2c(c1)OCO2. The molecule has 6 heteroatoms. The second-order valence-electron chi connectivity index (χ2n) is 4.46. The van der Waals surface area contributed by atoms with E-state index in [4.69, 9.17) is 14.2 Å². The second kappa shape index (κ2) is 7.72. The summed E-state index contributed by atoms with van der Waals surface area (Å²) in [6.45, 7) is 2.81. The van der Waals surface area contributed by atoms with Crippen molar-refractivity contribution in [3.8, 4) is 11.5 Å². The van der Waals surface area contributed by atoms with Crippen LogP contribution in [0.1, 0.15) is 12.0 Å². The number of amides is 1. The molecule has 2 N–H and O–H groups in total. The van der Waals surface area contributed by atoms with Gasteiger partial charge < -0.3 is 24.8 Å². The minimum atomic E-state index is 0.0209. The zero-order valence-corrected chi connectivity index (χ0v) is 11.6. The summed E-state index contributed by atoms with van der Waals surface area (Å²) in [5, 5.41) is 6.00. The summed E-state index contributed by atoms with van der Waals surface area (Å²) in [6.07, 6.45) is 0.453. The molecule has 0 spiro atoms. The van der Waals surface area contributed by atoms with Crippen LogP contribution >= 0.6 is 0 Å². The maximum Gasteiger partial charge on any atom is 0.231 e. The molecule has 0 saturated carbocycles. The fourth-order valence-electron chi connectivity index (χ4n) is 1.84. The van der Waals surface area contributed by atoms with Crippen LogP contribution in [0, 0.1) is 0 Å². The van der Waals surface area contributed by atoms with E-state index in [9.17, 15) is 4.79 Å². The molecule has 0 aromatic heterocycles. The van der Waals surface area contributed by atoms with E-state index in [1.165, 1.54) is 0 Å². The van der Waals surface area contributed by atoms with Gasteiger partial charge in [0.05, 0.1) is 6.61 Å². The number of hydrogen-bond acceptors (Lipinski definition) is 5. The maximum atomic E-state index is 11.6. The van der Waals surface area contributed by atoms with Crippen LogP contribution in [0.5, 0.6) is 11.5 Å². The average molecular weight is 280 g/mol. The Morgan fingerprint density at radius 1 is 1.30 bits per heavy atom. The molecule has 1 aliphatic rings. The first-order chi connectivity index (χ1) is 9.79. The van der Waals surface area contributed by atoms with E-state index in [1.807, 2.05) is 18.2 Å². The molecule has 0 radical (unpaired) electrons. The normalized spacial score (nSPS) is 12.4. The van der Waals surface area contributed by atoms with E-state index in [-0.39, 0.29) is 12.7 Å². The molecule has 0 bridgehead atoms. The van der Waals surface area contributed by atoms with Crippen LogP contribution in [0.4, 0.5) is 0 Å². The minimum absolute atomic E-state index is 0.0209. The number of ether oxygens (including phenoxy) is 3. The maximum absolute atomic E-state index is 11.6. The largest absolute Gasteiger partial charge is 0.454 e. The molecular formula is C14H20N2O4. The summed E-state index contributed by atoms with van der Waals surface area (Å²) in [5.41, 5.74) is 0.995. The molecule has 0 fully saturated rings. The molecule has 0 atom stereocenters. The molecule has 1 aromatic carbocycles. The van der Waals surface area contributed by atoms with E-state index in [1.54, 1.807) is 7.11 Å². The Labute approximate surface area is 118 Å². The second-order valence-corrected chi connectivity index (χ2v) is 4.46. The van der Waals surface area contributed by atoms with Crippen LogP contribution in [0.2, 0.25) is 0 Å². The molecule has 0 unspecified atom stereocenters. The van der Waals surface area contributed by atoms with Gasteiger partial charge in [0, 0.05) is 33.2 Å². The monoisotopic (exact) mass is 280 g/mol. The van der Waals surface area contributed by atoms with Gasteiger partial charge in [0.25, 0.3) is 0 Å². The van der Waals surface area contributed by atoms with Gasteiger partial charge in [-0.1, -0.05) is 6.07 Å². The van der Waals surface area contributed by atoms with E-state index in [0.29, 0.717) is 26.1 Å². The number of nitrogens with one attached hydrogen (secondary N) is 2. The molecule has 1 aliphatic heterocycles. The third-order valence-electron chi connectivity index (χ3n) is 2.94. The first-order valence-corrected chi connectivity index (χ1v) is 6.64. The lowest BCUT2D eigenvalue weighted by Gasteiger charge is -2.07. The van der Waals surface area contributed by atoms with Gasteiger partial charge in [-0.3, -0.25) is 4.79 Å². The molecule has 0 aliphatic carbocycles. The number of methoxy groups -OCH3 is 1. The van der Waals surface area contributed by atoms with Gasteiger partial charge in [-0.25, -0.2) is 0 Å². The molecule has 20 heavy (non-hydrogen) atoms. The van der Waals surface area contributed by atoms with Crippen molar-refractivity contribution in [2.75, 3.05) is 33.6 Å². The lowest BCUT2D eigenvalue weighted by molar-refractivity contribution is -0.121. The van der Waals surface area contributed by atoms with Gasteiger partial charge in [0.2, 0.25) is 12.7 Å². The Hall–Kier alpha value is -1.79. The summed E-state index contributed by atoms with van der Waals surface area (Å²) >= 11 is 0. The number of carbonyl (C=O) groups is 1. The third-order valence-corrected chi connectivity index (χ3v) is 2.94. The van der Waals surface area contributed by atoms with Crippen molar-refractivity contribution in [3.05, 3.63) is 23.8 Å². The minimum Gasteiger partial charge on any atom is -0.454 e. The van der Waals surface area contributed by atoms with Gasteiger partial charge >= 0.3 is 0 Å². The highest BCUT2D eigenvalue weighted by Gasteiger charge is 2.13. The lowest BCUT2D eigenvalue weighted by atomic mass is 10.2. The summed E-state index contributed by atoms with van der Waals surface area (Å²) < 4.78 is 15.4. The highest BCUT2D eigenvalue weighted by Crippen LogP contribution is 2.32. The summed E-state index contributed by atoms with van der Waals surface area (Å²) in [6, 6.07) is 5.67. The number of fused-ring (bicyclic) bond motifs is 1. The van der Waals surface area contributed by atoms with Crippen molar-refractivity contribution >= 4 is 5.91 Å². The van der Waals surface area contributed by atoms with Gasteiger partial charge in [0.15, 0.2) is 11.5 Å². The molecule has 110 valence electrons. The molecule has 1 amide bonds. The van der Waals surface area contributed by atoms with E-state index in [2.05, 4.69) is 10.6 Å². The van der Waals surface area contributed by atoms with E-state index >= 15 is 0 Å². The Morgan fingerprint density at radius 3 is 3.00 bits per heavy atom. The van der Waals surface area contributed by atoms with Crippen LogP contribution in [0.3, 0.4) is 0 Å². The highest BCUT2D eigenvalue weighted by molar-refractivity contribution is 5.76. The van der Waals surface area contributed by atoms with Crippen LogP contribution in [0.25, 0.3) is 0 Å². The number of hydrogen-bond donors (Lipinski definition) is 2. The Balaban J connectivity index is 1.66.